The van der Waals surface area contributed by atoms with E-state index in [2.05, 4.69) is 12.1 Å². The molecular weight excluding hydrogens is 442 g/mol. The molecular formula is C29H31NO5. The molecule has 35 heavy (non-hydrogen) atoms. The molecule has 3 aromatic carbocycles. The molecule has 0 aliphatic carbocycles. The van der Waals surface area contributed by atoms with Gasteiger partial charge >= 0.3 is 5.97 Å². The number of aliphatic carboxylic acids is 1. The van der Waals surface area contributed by atoms with Gasteiger partial charge in [0, 0.05) is 5.69 Å². The number of carboxylic acids is 1. The third-order valence-corrected chi connectivity index (χ3v) is 6.50. The van der Waals surface area contributed by atoms with Crippen LogP contribution in [0, 0.1) is 5.92 Å². The van der Waals surface area contributed by atoms with Crippen molar-refractivity contribution in [1.29, 1.82) is 0 Å². The Morgan fingerprint density at radius 3 is 2.17 bits per heavy atom. The van der Waals surface area contributed by atoms with Gasteiger partial charge < -0.3 is 19.5 Å². The minimum Gasteiger partial charge on any atom is -0.497 e. The summed E-state index contributed by atoms with van der Waals surface area (Å²) >= 11 is 0. The highest BCUT2D eigenvalue weighted by Gasteiger charge is 2.48. The van der Waals surface area contributed by atoms with Crippen LogP contribution in [-0.4, -0.2) is 29.7 Å². The zero-order chi connectivity index (χ0) is 25.0. The summed E-state index contributed by atoms with van der Waals surface area (Å²) in [5.41, 5.74) is 1.76. The van der Waals surface area contributed by atoms with E-state index in [1.807, 2.05) is 59.5 Å². The molecule has 1 fully saturated rings. The fourth-order valence-corrected chi connectivity index (χ4v) is 4.48. The van der Waals surface area contributed by atoms with E-state index >= 15 is 0 Å². The van der Waals surface area contributed by atoms with Crippen molar-refractivity contribution in [3.8, 4) is 11.5 Å². The third-order valence-electron chi connectivity index (χ3n) is 6.50. The average molecular weight is 474 g/mol. The molecule has 0 spiro atoms. The number of carbonyl (C=O) groups excluding carboxylic acids is 1. The quantitative estimate of drug-likeness (QED) is 0.384. The number of amides is 1. The SMILES string of the molecule is COc1ccc(N2C(=O)[C@H](CCCc3ccccc3)[C@H]2c2ccc(OC(C)(C)C(=O)O)cc2)cc1. The second-order valence-corrected chi connectivity index (χ2v) is 9.32. The van der Waals surface area contributed by atoms with Crippen LogP contribution in [0.25, 0.3) is 0 Å². The number of rotatable bonds is 10. The standard InChI is InChI=1S/C29H31NO5/c1-29(2,28(32)33)35-24-16-12-21(13-17-24)26-25(11-7-10-20-8-5-4-6-9-20)27(31)30(26)22-14-18-23(34-3)19-15-22/h4-6,8-9,12-19,25-26H,7,10-11H2,1-3H3,(H,32,33)/t25-,26-/m1/s1. The Balaban J connectivity index is 1.54. The molecule has 1 amide bonds. The lowest BCUT2D eigenvalue weighted by Crippen LogP contribution is -2.55. The van der Waals surface area contributed by atoms with Gasteiger partial charge in [-0.15, -0.1) is 0 Å². The Labute approximate surface area is 206 Å². The third kappa shape index (κ3) is 5.32. The number of methoxy groups -OCH3 is 1. The van der Waals surface area contributed by atoms with Crippen molar-refractivity contribution in [1.82, 2.24) is 0 Å². The van der Waals surface area contributed by atoms with Crippen molar-refractivity contribution in [2.24, 2.45) is 5.92 Å². The van der Waals surface area contributed by atoms with Crippen molar-refractivity contribution >= 4 is 17.6 Å². The summed E-state index contributed by atoms with van der Waals surface area (Å²) in [6.45, 7) is 3.03. The van der Waals surface area contributed by atoms with Gasteiger partial charge in [0.1, 0.15) is 11.5 Å². The number of nitrogens with zero attached hydrogens (tertiary/aromatic N) is 1. The highest BCUT2D eigenvalue weighted by Crippen LogP contribution is 2.46. The molecule has 0 bridgehead atoms. The lowest BCUT2D eigenvalue weighted by Gasteiger charge is -2.48. The van der Waals surface area contributed by atoms with Gasteiger partial charge in [-0.25, -0.2) is 4.79 Å². The number of benzene rings is 3. The van der Waals surface area contributed by atoms with Crippen LogP contribution in [0.3, 0.4) is 0 Å². The summed E-state index contributed by atoms with van der Waals surface area (Å²) in [6, 6.07) is 25.1. The molecule has 1 heterocycles. The molecule has 1 aliphatic rings. The number of hydrogen-bond acceptors (Lipinski definition) is 4. The molecule has 4 rings (SSSR count). The highest BCUT2D eigenvalue weighted by atomic mass is 16.5. The van der Waals surface area contributed by atoms with Crippen LogP contribution < -0.4 is 14.4 Å². The normalized spacial score (nSPS) is 17.6. The monoisotopic (exact) mass is 473 g/mol. The topological polar surface area (TPSA) is 76.1 Å². The van der Waals surface area contributed by atoms with E-state index < -0.39 is 11.6 Å². The minimum atomic E-state index is -1.33. The number of anilines is 1. The van der Waals surface area contributed by atoms with Crippen LogP contribution in [0.15, 0.2) is 78.9 Å². The molecule has 3 aromatic rings. The van der Waals surface area contributed by atoms with Gasteiger partial charge in [0.25, 0.3) is 0 Å². The minimum absolute atomic E-state index is 0.104. The smallest absolute Gasteiger partial charge is 0.347 e. The van der Waals surface area contributed by atoms with Gasteiger partial charge in [0.05, 0.1) is 19.1 Å². The Morgan fingerprint density at radius 2 is 1.57 bits per heavy atom. The van der Waals surface area contributed by atoms with Crippen molar-refractivity contribution in [2.45, 2.75) is 44.8 Å². The van der Waals surface area contributed by atoms with Crippen LogP contribution >= 0.6 is 0 Å². The lowest BCUT2D eigenvalue weighted by atomic mass is 9.78. The van der Waals surface area contributed by atoms with E-state index in [0.717, 1.165) is 36.3 Å². The average Bonchev–Trinajstić information content (AvgIpc) is 2.86. The first kappa shape index (κ1) is 24.3. The Kier molecular flexibility index (Phi) is 7.10. The van der Waals surface area contributed by atoms with E-state index in [0.29, 0.717) is 5.75 Å². The molecule has 2 atom stereocenters. The van der Waals surface area contributed by atoms with Crippen LogP contribution in [0.1, 0.15) is 43.9 Å². The fourth-order valence-electron chi connectivity index (χ4n) is 4.48. The molecule has 0 saturated carbocycles. The summed E-state index contributed by atoms with van der Waals surface area (Å²) in [6.07, 6.45) is 2.63. The van der Waals surface area contributed by atoms with Crippen molar-refractivity contribution in [3.05, 3.63) is 90.0 Å². The Morgan fingerprint density at radius 1 is 0.943 bits per heavy atom. The highest BCUT2D eigenvalue weighted by molar-refractivity contribution is 6.03. The summed E-state index contributed by atoms with van der Waals surface area (Å²) < 4.78 is 10.9. The van der Waals surface area contributed by atoms with Crippen molar-refractivity contribution in [2.75, 3.05) is 12.0 Å². The summed E-state index contributed by atoms with van der Waals surface area (Å²) in [5.74, 6) is 0.169. The predicted octanol–water partition coefficient (Wildman–Crippen LogP) is 5.66. The maximum Gasteiger partial charge on any atom is 0.347 e. The van der Waals surface area contributed by atoms with Gasteiger partial charge in [-0.05, 0) is 80.6 Å². The first-order valence-electron chi connectivity index (χ1n) is 11.8. The van der Waals surface area contributed by atoms with Crippen LogP contribution in [0.5, 0.6) is 11.5 Å². The Bertz CT molecular complexity index is 1160. The zero-order valence-corrected chi connectivity index (χ0v) is 20.3. The number of ether oxygens (including phenoxy) is 2. The number of carboxylic acid groups (broad SMARTS) is 1. The van der Waals surface area contributed by atoms with Crippen molar-refractivity contribution < 1.29 is 24.2 Å². The molecule has 0 unspecified atom stereocenters. The molecule has 0 radical (unpaired) electrons. The summed E-state index contributed by atoms with van der Waals surface area (Å²) in [7, 11) is 1.62. The van der Waals surface area contributed by atoms with Gasteiger partial charge in [-0.2, -0.15) is 0 Å². The second-order valence-electron chi connectivity index (χ2n) is 9.32. The van der Waals surface area contributed by atoms with Gasteiger partial charge in [-0.1, -0.05) is 42.5 Å². The predicted molar refractivity (Wildman–Crippen MR) is 135 cm³/mol. The van der Waals surface area contributed by atoms with E-state index in [9.17, 15) is 14.7 Å². The molecule has 6 heteroatoms. The Hall–Kier alpha value is -3.80. The number of hydrogen-bond donors (Lipinski definition) is 1. The number of β-lactam (4-membered cyclic amide) rings is 1. The van der Waals surface area contributed by atoms with Crippen LogP contribution in [-0.2, 0) is 16.0 Å². The summed E-state index contributed by atoms with van der Waals surface area (Å²) in [4.78, 5) is 26.5. The molecule has 6 nitrogen and oxygen atoms in total. The van der Waals surface area contributed by atoms with Gasteiger partial charge in [0.2, 0.25) is 5.91 Å². The first-order chi connectivity index (χ1) is 16.8. The first-order valence-corrected chi connectivity index (χ1v) is 11.8. The number of aryl methyl sites for hydroxylation is 1. The largest absolute Gasteiger partial charge is 0.497 e. The van der Waals surface area contributed by atoms with Gasteiger partial charge in [0.15, 0.2) is 5.60 Å². The van der Waals surface area contributed by atoms with Gasteiger partial charge in [-0.3, -0.25) is 4.79 Å². The molecule has 0 aromatic heterocycles. The number of carbonyl (C=O) groups is 2. The molecule has 1 saturated heterocycles. The maximum absolute atomic E-state index is 13.3. The summed E-state index contributed by atoms with van der Waals surface area (Å²) in [5, 5.41) is 9.34. The van der Waals surface area contributed by atoms with E-state index in [-0.39, 0.29) is 17.9 Å². The molecule has 182 valence electrons. The van der Waals surface area contributed by atoms with Crippen molar-refractivity contribution in [3.63, 3.8) is 0 Å². The zero-order valence-electron chi connectivity index (χ0n) is 20.3. The lowest BCUT2D eigenvalue weighted by molar-refractivity contribution is -0.152. The molecule has 1 N–H and O–H groups in total. The maximum atomic E-state index is 13.3. The van der Waals surface area contributed by atoms with E-state index in [1.54, 1.807) is 19.2 Å². The van der Waals surface area contributed by atoms with Crippen LogP contribution in [0.2, 0.25) is 0 Å². The fraction of sp³-hybridized carbons (Fsp3) is 0.310. The van der Waals surface area contributed by atoms with E-state index in [4.69, 9.17) is 9.47 Å². The van der Waals surface area contributed by atoms with Crippen LogP contribution in [0.4, 0.5) is 5.69 Å². The van der Waals surface area contributed by atoms with E-state index in [1.165, 1.54) is 19.4 Å². The molecule has 1 aliphatic heterocycles. The second kappa shape index (κ2) is 10.2.